The Morgan fingerprint density at radius 1 is 1.62 bits per heavy atom. The van der Waals surface area contributed by atoms with Gasteiger partial charge < -0.3 is 5.32 Å². The van der Waals surface area contributed by atoms with Crippen molar-refractivity contribution in [2.45, 2.75) is 31.7 Å². The molecule has 16 heavy (non-hydrogen) atoms. The second-order valence-corrected chi connectivity index (χ2v) is 4.01. The molecule has 4 nitrogen and oxygen atoms in total. The van der Waals surface area contributed by atoms with E-state index >= 15 is 0 Å². The van der Waals surface area contributed by atoms with Gasteiger partial charge in [0.2, 0.25) is 0 Å². The predicted octanol–water partition coefficient (Wildman–Crippen LogP) is 1.36. The van der Waals surface area contributed by atoms with E-state index in [0.29, 0.717) is 11.7 Å². The second-order valence-electron chi connectivity index (χ2n) is 4.01. The number of aromatic nitrogens is 2. The summed E-state index contributed by atoms with van der Waals surface area (Å²) in [6.45, 7) is 0.245. The summed E-state index contributed by atoms with van der Waals surface area (Å²) in [5.41, 5.74) is 0.446. The van der Waals surface area contributed by atoms with E-state index < -0.39 is 0 Å². The molecule has 0 saturated heterocycles. The Bertz CT molecular complexity index is 410. The van der Waals surface area contributed by atoms with Gasteiger partial charge in [0.05, 0.1) is 12.6 Å². The number of rotatable bonds is 3. The van der Waals surface area contributed by atoms with Crippen LogP contribution < -0.4 is 5.32 Å². The van der Waals surface area contributed by atoms with Crippen molar-refractivity contribution in [3.8, 4) is 12.3 Å². The first-order valence-corrected chi connectivity index (χ1v) is 5.58. The Morgan fingerprint density at radius 2 is 2.38 bits per heavy atom. The van der Waals surface area contributed by atoms with Crippen molar-refractivity contribution in [3.63, 3.8) is 0 Å². The van der Waals surface area contributed by atoms with Crippen molar-refractivity contribution in [2.75, 3.05) is 6.54 Å². The molecule has 0 unspecified atom stereocenters. The molecule has 1 amide bonds. The van der Waals surface area contributed by atoms with Crippen LogP contribution in [0.5, 0.6) is 0 Å². The molecule has 0 bridgehead atoms. The molecule has 1 fully saturated rings. The molecule has 0 aliphatic heterocycles. The van der Waals surface area contributed by atoms with E-state index in [1.807, 2.05) is 10.9 Å². The quantitative estimate of drug-likeness (QED) is 0.777. The summed E-state index contributed by atoms with van der Waals surface area (Å²) in [5, 5.41) is 6.88. The number of nitrogens with zero attached hydrogens (tertiary/aromatic N) is 2. The van der Waals surface area contributed by atoms with E-state index in [9.17, 15) is 4.79 Å². The summed E-state index contributed by atoms with van der Waals surface area (Å²) in [4.78, 5) is 11.5. The number of carbonyl (C=O) groups excluding carboxylic acids is 1. The zero-order valence-corrected chi connectivity index (χ0v) is 9.15. The summed E-state index contributed by atoms with van der Waals surface area (Å²) < 4.78 is 1.90. The number of terminal acetylenes is 1. The summed E-state index contributed by atoms with van der Waals surface area (Å²) in [7, 11) is 0. The van der Waals surface area contributed by atoms with E-state index in [4.69, 9.17) is 6.42 Å². The molecule has 2 rings (SSSR count). The van der Waals surface area contributed by atoms with Crippen molar-refractivity contribution < 1.29 is 4.79 Å². The third-order valence-corrected chi connectivity index (χ3v) is 2.89. The highest BCUT2D eigenvalue weighted by Crippen LogP contribution is 2.28. The molecule has 1 saturated carbocycles. The lowest BCUT2D eigenvalue weighted by Gasteiger charge is -2.08. The highest BCUT2D eigenvalue weighted by atomic mass is 16.1. The molecule has 1 aromatic heterocycles. The lowest BCUT2D eigenvalue weighted by atomic mass is 10.3. The van der Waals surface area contributed by atoms with Crippen molar-refractivity contribution in [2.24, 2.45) is 0 Å². The smallest absolute Gasteiger partial charge is 0.272 e. The summed E-state index contributed by atoms with van der Waals surface area (Å²) >= 11 is 0. The minimum Gasteiger partial charge on any atom is -0.340 e. The van der Waals surface area contributed by atoms with E-state index in [1.54, 1.807) is 6.07 Å². The fourth-order valence-electron chi connectivity index (χ4n) is 2.05. The average molecular weight is 217 g/mol. The van der Waals surface area contributed by atoms with Gasteiger partial charge in [0.1, 0.15) is 5.69 Å². The van der Waals surface area contributed by atoms with Gasteiger partial charge in [-0.15, -0.1) is 6.42 Å². The number of hydrogen-bond acceptors (Lipinski definition) is 2. The van der Waals surface area contributed by atoms with E-state index in [-0.39, 0.29) is 12.5 Å². The maximum absolute atomic E-state index is 11.5. The zero-order valence-electron chi connectivity index (χ0n) is 9.15. The van der Waals surface area contributed by atoms with Crippen LogP contribution in [0.1, 0.15) is 42.2 Å². The van der Waals surface area contributed by atoms with Crippen LogP contribution in [0.4, 0.5) is 0 Å². The van der Waals surface area contributed by atoms with Crippen molar-refractivity contribution in [3.05, 3.63) is 18.0 Å². The molecular formula is C12H15N3O. The fourth-order valence-corrected chi connectivity index (χ4v) is 2.05. The molecule has 0 aromatic carbocycles. The van der Waals surface area contributed by atoms with Crippen LogP contribution in [-0.4, -0.2) is 22.2 Å². The summed E-state index contributed by atoms with van der Waals surface area (Å²) in [5.74, 6) is 2.16. The molecule has 0 radical (unpaired) electrons. The van der Waals surface area contributed by atoms with Crippen LogP contribution in [-0.2, 0) is 0 Å². The van der Waals surface area contributed by atoms with Crippen LogP contribution >= 0.6 is 0 Å². The number of amides is 1. The monoisotopic (exact) mass is 217 g/mol. The van der Waals surface area contributed by atoms with Gasteiger partial charge in [-0.1, -0.05) is 18.8 Å². The Balaban J connectivity index is 2.01. The van der Waals surface area contributed by atoms with E-state index in [2.05, 4.69) is 16.3 Å². The molecule has 0 atom stereocenters. The molecular weight excluding hydrogens is 202 g/mol. The maximum atomic E-state index is 11.5. The molecule has 1 N–H and O–H groups in total. The minimum absolute atomic E-state index is 0.199. The standard InChI is InChI=1S/C12H15N3O/c1-2-8-13-12(16)11-7-9-15(14-11)10-5-3-4-6-10/h1,7,9-10H,3-6,8H2,(H,13,16). The van der Waals surface area contributed by atoms with Gasteiger partial charge in [-0.3, -0.25) is 9.48 Å². The summed E-state index contributed by atoms with van der Waals surface area (Å²) in [6.07, 6.45) is 11.8. The normalized spacial score (nSPS) is 15.9. The number of carbonyl (C=O) groups is 1. The van der Waals surface area contributed by atoms with Gasteiger partial charge in [-0.05, 0) is 18.9 Å². The zero-order chi connectivity index (χ0) is 11.4. The molecule has 1 aliphatic carbocycles. The number of hydrogen-bond donors (Lipinski definition) is 1. The van der Waals surface area contributed by atoms with Crippen molar-refractivity contribution in [1.29, 1.82) is 0 Å². The van der Waals surface area contributed by atoms with Gasteiger partial charge in [0, 0.05) is 6.20 Å². The van der Waals surface area contributed by atoms with Gasteiger partial charge in [-0.25, -0.2) is 0 Å². The average Bonchev–Trinajstić information content (AvgIpc) is 2.94. The highest BCUT2D eigenvalue weighted by Gasteiger charge is 2.18. The van der Waals surface area contributed by atoms with Crippen molar-refractivity contribution >= 4 is 5.91 Å². The van der Waals surface area contributed by atoms with Crippen LogP contribution in [0.15, 0.2) is 12.3 Å². The Labute approximate surface area is 95.0 Å². The first-order chi connectivity index (χ1) is 7.81. The minimum atomic E-state index is -0.199. The van der Waals surface area contributed by atoms with Gasteiger partial charge in [-0.2, -0.15) is 5.10 Å². The predicted molar refractivity (Wildman–Crippen MR) is 60.9 cm³/mol. The largest absolute Gasteiger partial charge is 0.340 e. The van der Waals surface area contributed by atoms with Gasteiger partial charge >= 0.3 is 0 Å². The van der Waals surface area contributed by atoms with Gasteiger partial charge in [0.15, 0.2) is 0 Å². The van der Waals surface area contributed by atoms with Crippen LogP contribution in [0, 0.1) is 12.3 Å². The maximum Gasteiger partial charge on any atom is 0.272 e. The third-order valence-electron chi connectivity index (χ3n) is 2.89. The first kappa shape index (κ1) is 10.7. The third kappa shape index (κ3) is 2.25. The van der Waals surface area contributed by atoms with Crippen molar-refractivity contribution in [1.82, 2.24) is 15.1 Å². The second kappa shape index (κ2) is 4.84. The van der Waals surface area contributed by atoms with Crippen LogP contribution in [0.2, 0.25) is 0 Å². The van der Waals surface area contributed by atoms with Gasteiger partial charge in [0.25, 0.3) is 5.91 Å². The molecule has 84 valence electrons. The fraction of sp³-hybridized carbons (Fsp3) is 0.500. The Hall–Kier alpha value is -1.76. The first-order valence-electron chi connectivity index (χ1n) is 5.58. The number of nitrogens with one attached hydrogen (secondary N) is 1. The molecule has 1 heterocycles. The lowest BCUT2D eigenvalue weighted by Crippen LogP contribution is -2.24. The van der Waals surface area contributed by atoms with E-state index in [1.165, 1.54) is 12.8 Å². The molecule has 1 aliphatic rings. The highest BCUT2D eigenvalue weighted by molar-refractivity contribution is 5.92. The molecule has 0 spiro atoms. The Kier molecular flexibility index (Phi) is 3.25. The van der Waals surface area contributed by atoms with Crippen LogP contribution in [0.25, 0.3) is 0 Å². The summed E-state index contributed by atoms with van der Waals surface area (Å²) in [6, 6.07) is 2.21. The SMILES string of the molecule is C#CCNC(=O)c1ccn(C2CCCC2)n1. The topological polar surface area (TPSA) is 46.9 Å². The molecule has 4 heteroatoms. The Morgan fingerprint density at radius 3 is 3.06 bits per heavy atom. The lowest BCUT2D eigenvalue weighted by molar-refractivity contribution is 0.0952. The van der Waals surface area contributed by atoms with Crippen LogP contribution in [0.3, 0.4) is 0 Å². The van der Waals surface area contributed by atoms with E-state index in [0.717, 1.165) is 12.8 Å². The molecule has 1 aromatic rings.